The molecular formula is C10H8Cl2O4. The molecule has 1 aromatic rings. The molecule has 1 unspecified atom stereocenters. The van der Waals surface area contributed by atoms with Crippen molar-refractivity contribution in [1.29, 1.82) is 0 Å². The van der Waals surface area contributed by atoms with Gasteiger partial charge in [0.2, 0.25) is 0 Å². The highest BCUT2D eigenvalue weighted by atomic mass is 35.5. The molecule has 16 heavy (non-hydrogen) atoms. The molecule has 0 saturated heterocycles. The third-order valence-corrected chi connectivity index (χ3v) is 3.25. The lowest BCUT2D eigenvalue weighted by Gasteiger charge is -2.11. The molecule has 1 aliphatic rings. The Morgan fingerprint density at radius 3 is 2.44 bits per heavy atom. The fraction of sp³-hybridized carbons (Fsp3) is 0.300. The van der Waals surface area contributed by atoms with Gasteiger partial charge in [0.25, 0.3) is 0 Å². The molecule has 0 aliphatic carbocycles. The van der Waals surface area contributed by atoms with Crippen LogP contribution < -0.4 is 0 Å². The minimum Gasteiger partial charge on any atom is -0.505 e. The summed E-state index contributed by atoms with van der Waals surface area (Å²) < 4.78 is 5.00. The molecule has 4 nitrogen and oxygen atoms in total. The second-order valence-electron chi connectivity index (χ2n) is 3.42. The van der Waals surface area contributed by atoms with Crippen LogP contribution in [0.25, 0.3) is 0 Å². The minimum absolute atomic E-state index is 0.0458. The average molecular weight is 263 g/mol. The van der Waals surface area contributed by atoms with Crippen LogP contribution in [0.3, 0.4) is 0 Å². The van der Waals surface area contributed by atoms with Gasteiger partial charge in [-0.15, -0.1) is 0 Å². The van der Waals surface area contributed by atoms with Gasteiger partial charge in [-0.25, -0.2) is 4.79 Å². The first-order valence-corrected chi connectivity index (χ1v) is 5.38. The lowest BCUT2D eigenvalue weighted by molar-refractivity contribution is 0.0377. The minimum atomic E-state index is -0.678. The predicted octanol–water partition coefficient (Wildman–Crippen LogP) is 3.03. The second-order valence-corrected chi connectivity index (χ2v) is 4.17. The first kappa shape index (κ1) is 11.4. The highest BCUT2D eigenvalue weighted by Gasteiger charge is 2.38. The van der Waals surface area contributed by atoms with E-state index in [1.54, 1.807) is 6.92 Å². The van der Waals surface area contributed by atoms with Crippen LogP contribution in [0.5, 0.6) is 11.5 Å². The monoisotopic (exact) mass is 262 g/mol. The summed E-state index contributed by atoms with van der Waals surface area (Å²) >= 11 is 11.5. The number of ether oxygens (including phenoxy) is 1. The maximum Gasteiger partial charge on any atom is 0.343 e. The molecule has 6 heteroatoms. The molecule has 0 fully saturated rings. The molecular weight excluding hydrogens is 255 g/mol. The van der Waals surface area contributed by atoms with E-state index in [9.17, 15) is 15.0 Å². The molecule has 0 bridgehead atoms. The Hall–Kier alpha value is -1.13. The van der Waals surface area contributed by atoms with Crippen LogP contribution in [0, 0.1) is 0 Å². The van der Waals surface area contributed by atoms with Crippen LogP contribution in [0.2, 0.25) is 10.0 Å². The number of carbonyl (C=O) groups excluding carboxylic acids is 1. The maximum atomic E-state index is 11.5. The largest absolute Gasteiger partial charge is 0.505 e. The Balaban J connectivity index is 2.80. The van der Waals surface area contributed by atoms with Gasteiger partial charge in [0.15, 0.2) is 11.5 Å². The fourth-order valence-electron chi connectivity index (χ4n) is 1.73. The zero-order chi connectivity index (χ0) is 12.0. The number of cyclic esters (lactones) is 1. The zero-order valence-corrected chi connectivity index (χ0v) is 9.76. The number of benzene rings is 1. The summed E-state index contributed by atoms with van der Waals surface area (Å²) in [5.74, 6) is -1.60. The quantitative estimate of drug-likeness (QED) is 0.764. The van der Waals surface area contributed by atoms with Crippen LogP contribution in [-0.4, -0.2) is 16.2 Å². The van der Waals surface area contributed by atoms with E-state index in [-0.39, 0.29) is 15.6 Å². The van der Waals surface area contributed by atoms with Gasteiger partial charge in [-0.05, 0) is 6.42 Å². The summed E-state index contributed by atoms with van der Waals surface area (Å²) in [6.07, 6.45) is -0.0528. The van der Waals surface area contributed by atoms with Gasteiger partial charge in [0.1, 0.15) is 16.7 Å². The summed E-state index contributed by atoms with van der Waals surface area (Å²) in [5, 5.41) is 18.8. The van der Waals surface area contributed by atoms with Crippen molar-refractivity contribution in [3.63, 3.8) is 0 Å². The molecule has 1 aliphatic heterocycles. The van der Waals surface area contributed by atoms with Gasteiger partial charge in [-0.2, -0.15) is 0 Å². The van der Waals surface area contributed by atoms with Gasteiger partial charge in [0, 0.05) is 5.56 Å². The van der Waals surface area contributed by atoms with E-state index in [2.05, 4.69) is 0 Å². The molecule has 1 atom stereocenters. The third-order valence-electron chi connectivity index (χ3n) is 2.51. The van der Waals surface area contributed by atoms with Crippen molar-refractivity contribution < 1.29 is 19.7 Å². The number of hydrogen-bond acceptors (Lipinski definition) is 4. The number of phenols is 2. The molecule has 86 valence electrons. The van der Waals surface area contributed by atoms with Crippen molar-refractivity contribution in [3.8, 4) is 11.5 Å². The number of halogens is 2. The Morgan fingerprint density at radius 1 is 1.25 bits per heavy atom. The Labute approximate surface area is 101 Å². The van der Waals surface area contributed by atoms with Gasteiger partial charge in [-0.1, -0.05) is 30.1 Å². The Morgan fingerprint density at radius 2 is 1.88 bits per heavy atom. The van der Waals surface area contributed by atoms with Gasteiger partial charge < -0.3 is 14.9 Å². The van der Waals surface area contributed by atoms with Crippen LogP contribution in [-0.2, 0) is 4.74 Å². The van der Waals surface area contributed by atoms with E-state index in [1.807, 2.05) is 0 Å². The SMILES string of the molecule is CCC1OC(=O)c2c(O)c(Cl)c(O)c(Cl)c21. The first-order valence-electron chi connectivity index (χ1n) is 4.62. The number of fused-ring (bicyclic) bond motifs is 1. The molecule has 0 saturated carbocycles. The van der Waals surface area contributed by atoms with Crippen molar-refractivity contribution in [2.75, 3.05) is 0 Å². The van der Waals surface area contributed by atoms with Crippen molar-refractivity contribution >= 4 is 29.2 Å². The third kappa shape index (κ3) is 1.33. The van der Waals surface area contributed by atoms with E-state index in [4.69, 9.17) is 27.9 Å². The van der Waals surface area contributed by atoms with Gasteiger partial charge in [-0.3, -0.25) is 0 Å². The molecule has 0 amide bonds. The van der Waals surface area contributed by atoms with Crippen LogP contribution in [0.4, 0.5) is 0 Å². The van der Waals surface area contributed by atoms with Crippen LogP contribution >= 0.6 is 23.2 Å². The fourth-order valence-corrected chi connectivity index (χ4v) is 2.27. The molecule has 2 rings (SSSR count). The number of rotatable bonds is 1. The number of phenolic OH excluding ortho intramolecular Hbond substituents is 2. The van der Waals surface area contributed by atoms with Crippen molar-refractivity contribution in [2.45, 2.75) is 19.4 Å². The summed E-state index contributed by atoms with van der Waals surface area (Å²) in [7, 11) is 0. The van der Waals surface area contributed by atoms with E-state index >= 15 is 0 Å². The lowest BCUT2D eigenvalue weighted by atomic mass is 10.0. The van der Waals surface area contributed by atoms with E-state index in [0.29, 0.717) is 12.0 Å². The number of aromatic hydroxyl groups is 2. The predicted molar refractivity (Wildman–Crippen MR) is 58.2 cm³/mol. The van der Waals surface area contributed by atoms with E-state index < -0.39 is 23.6 Å². The van der Waals surface area contributed by atoms with Crippen molar-refractivity contribution in [3.05, 3.63) is 21.2 Å². The maximum absolute atomic E-state index is 11.5. The number of carbonyl (C=O) groups is 1. The molecule has 1 aromatic carbocycles. The summed E-state index contributed by atoms with van der Waals surface area (Å²) in [5.41, 5.74) is 0.244. The second kappa shape index (κ2) is 3.71. The van der Waals surface area contributed by atoms with Crippen LogP contribution in [0.1, 0.15) is 35.4 Å². The molecule has 1 heterocycles. The molecule has 0 spiro atoms. The Kier molecular flexibility index (Phi) is 2.64. The Bertz CT molecular complexity index is 484. The van der Waals surface area contributed by atoms with Gasteiger partial charge in [0.05, 0.1) is 5.02 Å². The summed E-state index contributed by atoms with van der Waals surface area (Å²) in [4.78, 5) is 11.5. The van der Waals surface area contributed by atoms with Crippen molar-refractivity contribution in [2.24, 2.45) is 0 Å². The normalized spacial score (nSPS) is 18.4. The van der Waals surface area contributed by atoms with E-state index in [0.717, 1.165) is 0 Å². The lowest BCUT2D eigenvalue weighted by Crippen LogP contribution is -1.96. The summed E-state index contributed by atoms with van der Waals surface area (Å²) in [6, 6.07) is 0. The first-order chi connectivity index (χ1) is 7.49. The van der Waals surface area contributed by atoms with E-state index in [1.165, 1.54) is 0 Å². The average Bonchev–Trinajstić information content (AvgIpc) is 2.60. The molecule has 0 radical (unpaired) electrons. The van der Waals surface area contributed by atoms with Crippen molar-refractivity contribution in [1.82, 2.24) is 0 Å². The number of esters is 1. The molecule has 2 N–H and O–H groups in total. The highest BCUT2D eigenvalue weighted by molar-refractivity contribution is 6.39. The standard InChI is InChI=1S/C10H8Cl2O4/c1-2-3-4-5(10(15)16-3)8(13)7(12)9(14)6(4)11/h3,13-14H,2H2,1H3. The summed E-state index contributed by atoms with van der Waals surface area (Å²) in [6.45, 7) is 1.80. The van der Waals surface area contributed by atoms with Gasteiger partial charge >= 0.3 is 5.97 Å². The topological polar surface area (TPSA) is 66.8 Å². The number of hydrogen-bond donors (Lipinski definition) is 2. The smallest absolute Gasteiger partial charge is 0.343 e. The molecule has 0 aromatic heterocycles. The highest BCUT2D eigenvalue weighted by Crippen LogP contribution is 2.50. The zero-order valence-electron chi connectivity index (χ0n) is 8.25. The van der Waals surface area contributed by atoms with Crippen LogP contribution in [0.15, 0.2) is 0 Å².